The first-order chi connectivity index (χ1) is 5.68. The molecule has 0 aromatic heterocycles. The molecule has 68 valence electrons. The zero-order valence-corrected chi connectivity index (χ0v) is 7.36. The molecule has 0 unspecified atom stereocenters. The summed E-state index contributed by atoms with van der Waals surface area (Å²) in [6.45, 7) is 1.84. The van der Waals surface area contributed by atoms with Crippen LogP contribution in [-0.2, 0) is 4.79 Å². The molecule has 12 heavy (non-hydrogen) atoms. The summed E-state index contributed by atoms with van der Waals surface area (Å²) < 4.78 is 0. The van der Waals surface area contributed by atoms with Crippen LogP contribution in [0.2, 0.25) is 0 Å². The highest BCUT2D eigenvalue weighted by Gasteiger charge is 2.22. The zero-order valence-electron chi connectivity index (χ0n) is 7.36. The second-order valence-corrected chi connectivity index (χ2v) is 3.41. The Morgan fingerprint density at radius 1 is 1.67 bits per heavy atom. The Hall–Kier alpha value is -0.830. The molecule has 0 spiro atoms. The molecule has 0 aromatic rings. The molecular weight excluding hydrogens is 154 g/mol. The number of likely N-dealkylation sites (N-methyl/N-ethyl adjacent to an activating group) is 1. The number of nitrogens with zero attached hydrogens (tertiary/aromatic N) is 1. The third-order valence-corrected chi connectivity index (χ3v) is 1.94. The lowest BCUT2D eigenvalue weighted by atomic mass is 10.4. The maximum Gasteiger partial charge on any atom is 0.328 e. The van der Waals surface area contributed by atoms with E-state index >= 15 is 0 Å². The summed E-state index contributed by atoms with van der Waals surface area (Å²) in [5.41, 5.74) is 0. The van der Waals surface area contributed by atoms with E-state index in [1.165, 1.54) is 18.9 Å². The first kappa shape index (κ1) is 9.26. The molecule has 1 aliphatic rings. The van der Waals surface area contributed by atoms with E-state index in [1.807, 2.05) is 7.05 Å². The predicted octanol–water partition coefficient (Wildman–Crippen LogP) is 0.969. The lowest BCUT2D eigenvalue weighted by Crippen LogP contribution is -2.20. The Morgan fingerprint density at radius 3 is 2.83 bits per heavy atom. The molecule has 0 aromatic carbocycles. The fraction of sp³-hybridized carbons (Fsp3) is 0.667. The molecule has 0 radical (unpaired) electrons. The van der Waals surface area contributed by atoms with Gasteiger partial charge in [-0.3, -0.25) is 0 Å². The van der Waals surface area contributed by atoms with E-state index in [4.69, 9.17) is 5.11 Å². The van der Waals surface area contributed by atoms with E-state index < -0.39 is 5.97 Å². The highest BCUT2D eigenvalue weighted by molar-refractivity contribution is 5.79. The van der Waals surface area contributed by atoms with Gasteiger partial charge >= 0.3 is 5.97 Å². The summed E-state index contributed by atoms with van der Waals surface area (Å²) in [5, 5.41) is 8.32. The van der Waals surface area contributed by atoms with E-state index in [2.05, 4.69) is 4.90 Å². The van der Waals surface area contributed by atoms with Crippen molar-refractivity contribution in [2.24, 2.45) is 5.92 Å². The number of hydrogen-bond acceptors (Lipinski definition) is 2. The summed E-state index contributed by atoms with van der Waals surface area (Å²) in [5.74, 6) is 0.00282. The Bertz CT molecular complexity index is 185. The molecule has 0 amide bonds. The van der Waals surface area contributed by atoms with Crippen LogP contribution in [0.15, 0.2) is 12.2 Å². The molecule has 1 fully saturated rings. The van der Waals surface area contributed by atoms with Crippen LogP contribution in [0, 0.1) is 5.92 Å². The Balaban J connectivity index is 2.07. The third-order valence-electron chi connectivity index (χ3n) is 1.94. The smallest absolute Gasteiger partial charge is 0.328 e. The van der Waals surface area contributed by atoms with Gasteiger partial charge in [0, 0.05) is 19.2 Å². The molecule has 0 saturated heterocycles. The normalized spacial score (nSPS) is 17.5. The van der Waals surface area contributed by atoms with Gasteiger partial charge in [-0.05, 0) is 25.8 Å². The summed E-state index contributed by atoms with van der Waals surface area (Å²) in [7, 11) is 2.02. The number of rotatable bonds is 5. The Morgan fingerprint density at radius 2 is 2.33 bits per heavy atom. The van der Waals surface area contributed by atoms with Crippen molar-refractivity contribution in [3.63, 3.8) is 0 Å². The van der Waals surface area contributed by atoms with Gasteiger partial charge in [0.15, 0.2) is 0 Å². The van der Waals surface area contributed by atoms with E-state index in [0.717, 1.165) is 19.0 Å². The van der Waals surface area contributed by atoms with Crippen molar-refractivity contribution in [3.8, 4) is 0 Å². The number of carbonyl (C=O) groups is 1. The molecule has 1 aliphatic carbocycles. The van der Waals surface area contributed by atoms with Crippen molar-refractivity contribution in [3.05, 3.63) is 12.2 Å². The molecule has 0 heterocycles. The van der Waals surface area contributed by atoms with Crippen molar-refractivity contribution < 1.29 is 9.90 Å². The van der Waals surface area contributed by atoms with Gasteiger partial charge in [-0.2, -0.15) is 0 Å². The predicted molar refractivity (Wildman–Crippen MR) is 47.0 cm³/mol. The standard InChI is InChI=1S/C9H15NO2/c1-10(7-8-4-5-8)6-2-3-9(11)12/h2-3,8H,4-7H2,1H3,(H,11,12). The largest absolute Gasteiger partial charge is 0.478 e. The third kappa shape index (κ3) is 4.13. The average Bonchev–Trinajstić information content (AvgIpc) is 2.70. The quantitative estimate of drug-likeness (QED) is 0.623. The zero-order chi connectivity index (χ0) is 8.97. The Kier molecular flexibility index (Phi) is 3.29. The maximum atomic E-state index is 10.1. The summed E-state index contributed by atoms with van der Waals surface area (Å²) in [4.78, 5) is 12.3. The van der Waals surface area contributed by atoms with Gasteiger partial charge in [-0.1, -0.05) is 6.08 Å². The highest BCUT2D eigenvalue weighted by Crippen LogP contribution is 2.29. The maximum absolute atomic E-state index is 10.1. The molecule has 0 atom stereocenters. The van der Waals surface area contributed by atoms with Gasteiger partial charge in [-0.15, -0.1) is 0 Å². The lowest BCUT2D eigenvalue weighted by Gasteiger charge is -2.12. The van der Waals surface area contributed by atoms with Crippen molar-refractivity contribution >= 4 is 5.97 Å². The van der Waals surface area contributed by atoms with Crippen LogP contribution >= 0.6 is 0 Å². The SMILES string of the molecule is CN(CC=CC(=O)O)CC1CC1. The lowest BCUT2D eigenvalue weighted by molar-refractivity contribution is -0.131. The molecule has 0 bridgehead atoms. The highest BCUT2D eigenvalue weighted by atomic mass is 16.4. The molecule has 1 N–H and O–H groups in total. The molecule has 3 heteroatoms. The van der Waals surface area contributed by atoms with E-state index in [-0.39, 0.29) is 0 Å². The van der Waals surface area contributed by atoms with Crippen LogP contribution in [0.4, 0.5) is 0 Å². The van der Waals surface area contributed by atoms with Gasteiger partial charge in [0.2, 0.25) is 0 Å². The van der Waals surface area contributed by atoms with Gasteiger partial charge in [0.1, 0.15) is 0 Å². The van der Waals surface area contributed by atoms with Crippen molar-refractivity contribution in [1.29, 1.82) is 0 Å². The van der Waals surface area contributed by atoms with Crippen LogP contribution in [-0.4, -0.2) is 36.1 Å². The van der Waals surface area contributed by atoms with Gasteiger partial charge < -0.3 is 10.0 Å². The second kappa shape index (κ2) is 4.26. The van der Waals surface area contributed by atoms with Crippen molar-refractivity contribution in [1.82, 2.24) is 4.90 Å². The minimum absolute atomic E-state index is 0.739. The van der Waals surface area contributed by atoms with Gasteiger partial charge in [0.25, 0.3) is 0 Å². The van der Waals surface area contributed by atoms with E-state index in [9.17, 15) is 4.79 Å². The number of carboxylic acids is 1. The van der Waals surface area contributed by atoms with Crippen LogP contribution in [0.5, 0.6) is 0 Å². The van der Waals surface area contributed by atoms with Crippen LogP contribution in [0.3, 0.4) is 0 Å². The van der Waals surface area contributed by atoms with Crippen LogP contribution in [0.1, 0.15) is 12.8 Å². The van der Waals surface area contributed by atoms with Crippen molar-refractivity contribution in [2.45, 2.75) is 12.8 Å². The van der Waals surface area contributed by atoms with Crippen LogP contribution in [0.25, 0.3) is 0 Å². The monoisotopic (exact) mass is 169 g/mol. The number of aliphatic carboxylic acids is 1. The first-order valence-corrected chi connectivity index (χ1v) is 4.26. The summed E-state index contributed by atoms with van der Waals surface area (Å²) in [6.07, 6.45) is 5.56. The number of carboxylic acid groups (broad SMARTS) is 1. The van der Waals surface area contributed by atoms with Gasteiger partial charge in [0.05, 0.1) is 0 Å². The minimum atomic E-state index is -0.866. The molecule has 3 nitrogen and oxygen atoms in total. The van der Waals surface area contributed by atoms with E-state index in [0.29, 0.717) is 0 Å². The van der Waals surface area contributed by atoms with Crippen molar-refractivity contribution in [2.75, 3.05) is 20.1 Å². The topological polar surface area (TPSA) is 40.5 Å². The first-order valence-electron chi connectivity index (χ1n) is 4.26. The summed E-state index contributed by atoms with van der Waals surface area (Å²) in [6, 6.07) is 0. The van der Waals surface area contributed by atoms with Crippen LogP contribution < -0.4 is 0 Å². The average molecular weight is 169 g/mol. The fourth-order valence-corrected chi connectivity index (χ4v) is 1.15. The summed E-state index contributed by atoms with van der Waals surface area (Å²) >= 11 is 0. The van der Waals surface area contributed by atoms with Gasteiger partial charge in [-0.25, -0.2) is 4.79 Å². The number of hydrogen-bond donors (Lipinski definition) is 1. The Labute approximate surface area is 72.7 Å². The fourth-order valence-electron chi connectivity index (χ4n) is 1.15. The van der Waals surface area contributed by atoms with E-state index in [1.54, 1.807) is 6.08 Å². The minimum Gasteiger partial charge on any atom is -0.478 e. The second-order valence-electron chi connectivity index (χ2n) is 3.41. The molecular formula is C9H15NO2. The molecule has 1 saturated carbocycles. The molecule has 0 aliphatic heterocycles. The molecule has 1 rings (SSSR count).